The molecule has 0 saturated heterocycles. The summed E-state index contributed by atoms with van der Waals surface area (Å²) in [6, 6.07) is 8.14. The largest absolute Gasteiger partial charge is 0.466 e. The summed E-state index contributed by atoms with van der Waals surface area (Å²) in [4.78, 5) is 11.1. The van der Waals surface area contributed by atoms with Crippen LogP contribution in [-0.4, -0.2) is 12.6 Å². The number of ether oxygens (including phenoxy) is 1. The number of alkyl halides is 1. The average Bonchev–Trinajstić information content (AvgIpc) is 2.30. The van der Waals surface area contributed by atoms with Crippen molar-refractivity contribution in [2.45, 2.75) is 18.7 Å². The normalized spacial score (nSPS) is 10.6. The Kier molecular flexibility index (Phi) is 5.86. The van der Waals surface area contributed by atoms with Gasteiger partial charge in [-0.1, -0.05) is 52.3 Å². The lowest BCUT2D eigenvalue weighted by Gasteiger charge is -1.98. The third-order valence-corrected chi connectivity index (χ3v) is 2.65. The standard InChI is InChI=1S/C13H15BrO2/c1-2-16-13(15)8-4-6-11-5-3-7-12(9-11)10-14/h3-7,9H,2,8,10H2,1H3. The molecule has 0 spiro atoms. The van der Waals surface area contributed by atoms with Crippen molar-refractivity contribution >= 4 is 28.0 Å². The summed E-state index contributed by atoms with van der Waals surface area (Å²) >= 11 is 3.41. The van der Waals surface area contributed by atoms with Gasteiger partial charge in [0.05, 0.1) is 13.0 Å². The zero-order chi connectivity index (χ0) is 11.8. The minimum atomic E-state index is -0.185. The predicted octanol–water partition coefficient (Wildman–Crippen LogP) is 3.55. The molecule has 0 aliphatic rings. The number of rotatable bonds is 5. The molecule has 0 fully saturated rings. The number of esters is 1. The van der Waals surface area contributed by atoms with Gasteiger partial charge < -0.3 is 4.74 Å². The van der Waals surface area contributed by atoms with Crippen LogP contribution in [0.2, 0.25) is 0 Å². The third kappa shape index (κ3) is 4.62. The number of halogens is 1. The van der Waals surface area contributed by atoms with Gasteiger partial charge in [0.1, 0.15) is 0 Å². The fourth-order valence-electron chi connectivity index (χ4n) is 1.29. The predicted molar refractivity (Wildman–Crippen MR) is 69.4 cm³/mol. The third-order valence-electron chi connectivity index (χ3n) is 2.01. The quantitative estimate of drug-likeness (QED) is 0.610. The van der Waals surface area contributed by atoms with Crippen molar-refractivity contribution in [1.29, 1.82) is 0 Å². The molecule has 0 radical (unpaired) electrons. The molecule has 0 unspecified atom stereocenters. The molecule has 0 bridgehead atoms. The first kappa shape index (κ1) is 13.0. The van der Waals surface area contributed by atoms with Gasteiger partial charge in [0.2, 0.25) is 0 Å². The Balaban J connectivity index is 2.52. The van der Waals surface area contributed by atoms with E-state index >= 15 is 0 Å². The van der Waals surface area contributed by atoms with Gasteiger partial charge in [-0.3, -0.25) is 4.79 Å². The van der Waals surface area contributed by atoms with E-state index in [4.69, 9.17) is 4.74 Å². The molecule has 16 heavy (non-hydrogen) atoms. The van der Waals surface area contributed by atoms with Crippen LogP contribution >= 0.6 is 15.9 Å². The van der Waals surface area contributed by atoms with E-state index < -0.39 is 0 Å². The van der Waals surface area contributed by atoms with Crippen LogP contribution in [0, 0.1) is 0 Å². The molecular formula is C13H15BrO2. The molecule has 0 atom stereocenters. The molecule has 3 heteroatoms. The summed E-state index contributed by atoms with van der Waals surface area (Å²) in [6.45, 7) is 2.24. The lowest BCUT2D eigenvalue weighted by Crippen LogP contribution is -2.01. The Labute approximate surface area is 104 Å². The van der Waals surface area contributed by atoms with Crippen LogP contribution < -0.4 is 0 Å². The Bertz CT molecular complexity index is 372. The molecule has 0 saturated carbocycles. The minimum Gasteiger partial charge on any atom is -0.466 e. The molecule has 0 N–H and O–H groups in total. The zero-order valence-electron chi connectivity index (χ0n) is 9.28. The van der Waals surface area contributed by atoms with Gasteiger partial charge in [-0.2, -0.15) is 0 Å². The first-order chi connectivity index (χ1) is 7.76. The first-order valence-corrected chi connectivity index (χ1v) is 6.35. The van der Waals surface area contributed by atoms with Crippen LogP contribution in [0.5, 0.6) is 0 Å². The zero-order valence-corrected chi connectivity index (χ0v) is 10.9. The summed E-state index contributed by atoms with van der Waals surface area (Å²) in [7, 11) is 0. The number of hydrogen-bond acceptors (Lipinski definition) is 2. The smallest absolute Gasteiger partial charge is 0.309 e. The Morgan fingerprint density at radius 3 is 3.00 bits per heavy atom. The molecule has 1 aromatic carbocycles. The number of carbonyl (C=O) groups excluding carboxylic acids is 1. The highest BCUT2D eigenvalue weighted by atomic mass is 79.9. The van der Waals surface area contributed by atoms with E-state index in [1.165, 1.54) is 5.56 Å². The Morgan fingerprint density at radius 1 is 1.50 bits per heavy atom. The lowest BCUT2D eigenvalue weighted by molar-refractivity contribution is -0.142. The molecule has 86 valence electrons. The highest BCUT2D eigenvalue weighted by Gasteiger charge is 1.96. The van der Waals surface area contributed by atoms with Gasteiger partial charge in [-0.25, -0.2) is 0 Å². The Hall–Kier alpha value is -1.09. The van der Waals surface area contributed by atoms with Crippen molar-refractivity contribution in [3.05, 3.63) is 41.5 Å². The molecule has 1 rings (SSSR count). The van der Waals surface area contributed by atoms with Crippen molar-refractivity contribution in [3.8, 4) is 0 Å². The SMILES string of the molecule is CCOC(=O)CC=Cc1cccc(CBr)c1. The highest BCUT2D eigenvalue weighted by molar-refractivity contribution is 9.08. The van der Waals surface area contributed by atoms with Crippen molar-refractivity contribution in [2.75, 3.05) is 6.61 Å². The molecule has 0 heterocycles. The first-order valence-electron chi connectivity index (χ1n) is 5.23. The monoisotopic (exact) mass is 282 g/mol. The van der Waals surface area contributed by atoms with E-state index in [1.807, 2.05) is 24.3 Å². The van der Waals surface area contributed by atoms with Gasteiger partial charge in [-0.15, -0.1) is 0 Å². The van der Waals surface area contributed by atoms with Gasteiger partial charge in [0.15, 0.2) is 0 Å². The van der Waals surface area contributed by atoms with E-state index in [0.717, 1.165) is 10.9 Å². The number of hydrogen-bond donors (Lipinski definition) is 0. The highest BCUT2D eigenvalue weighted by Crippen LogP contribution is 2.10. The van der Waals surface area contributed by atoms with Crippen molar-refractivity contribution in [2.24, 2.45) is 0 Å². The van der Waals surface area contributed by atoms with Crippen molar-refractivity contribution in [1.82, 2.24) is 0 Å². The van der Waals surface area contributed by atoms with Crippen molar-refractivity contribution < 1.29 is 9.53 Å². The average molecular weight is 283 g/mol. The molecule has 0 aromatic heterocycles. The fraction of sp³-hybridized carbons (Fsp3) is 0.308. The van der Waals surface area contributed by atoms with Gasteiger partial charge in [0, 0.05) is 5.33 Å². The summed E-state index contributed by atoms with van der Waals surface area (Å²) in [5, 5.41) is 0.840. The minimum absolute atomic E-state index is 0.185. The van der Waals surface area contributed by atoms with E-state index in [-0.39, 0.29) is 5.97 Å². The molecular weight excluding hydrogens is 268 g/mol. The lowest BCUT2D eigenvalue weighted by atomic mass is 10.1. The molecule has 0 aliphatic carbocycles. The summed E-state index contributed by atoms with van der Waals surface area (Å²) in [5.74, 6) is -0.185. The van der Waals surface area contributed by atoms with Crippen LogP contribution in [0.1, 0.15) is 24.5 Å². The second-order valence-corrected chi connectivity index (χ2v) is 3.85. The van der Waals surface area contributed by atoms with E-state index in [1.54, 1.807) is 6.92 Å². The fourth-order valence-corrected chi connectivity index (χ4v) is 1.64. The molecule has 0 amide bonds. The van der Waals surface area contributed by atoms with E-state index in [2.05, 4.69) is 28.1 Å². The van der Waals surface area contributed by atoms with Crippen LogP contribution in [-0.2, 0) is 14.9 Å². The van der Waals surface area contributed by atoms with E-state index in [0.29, 0.717) is 13.0 Å². The van der Waals surface area contributed by atoms with Crippen LogP contribution in [0.25, 0.3) is 6.08 Å². The molecule has 1 aromatic rings. The maximum Gasteiger partial charge on any atom is 0.309 e. The second kappa shape index (κ2) is 7.23. The molecule has 0 aliphatic heterocycles. The van der Waals surface area contributed by atoms with Crippen molar-refractivity contribution in [3.63, 3.8) is 0 Å². The number of carbonyl (C=O) groups is 1. The maximum atomic E-state index is 11.1. The topological polar surface area (TPSA) is 26.3 Å². The summed E-state index contributed by atoms with van der Waals surface area (Å²) in [6.07, 6.45) is 4.08. The van der Waals surface area contributed by atoms with Gasteiger partial charge >= 0.3 is 5.97 Å². The van der Waals surface area contributed by atoms with Crippen LogP contribution in [0.15, 0.2) is 30.3 Å². The summed E-state index contributed by atoms with van der Waals surface area (Å²) < 4.78 is 4.83. The Morgan fingerprint density at radius 2 is 2.31 bits per heavy atom. The maximum absolute atomic E-state index is 11.1. The van der Waals surface area contributed by atoms with Gasteiger partial charge in [-0.05, 0) is 18.1 Å². The number of benzene rings is 1. The second-order valence-electron chi connectivity index (χ2n) is 3.29. The summed E-state index contributed by atoms with van der Waals surface area (Å²) in [5.41, 5.74) is 2.32. The van der Waals surface area contributed by atoms with Gasteiger partial charge in [0.25, 0.3) is 0 Å². The van der Waals surface area contributed by atoms with E-state index in [9.17, 15) is 4.79 Å². The van der Waals surface area contributed by atoms with Crippen LogP contribution in [0.3, 0.4) is 0 Å². The van der Waals surface area contributed by atoms with Crippen LogP contribution in [0.4, 0.5) is 0 Å². The molecule has 2 nitrogen and oxygen atoms in total.